The first-order chi connectivity index (χ1) is 12.0. The molecule has 1 N–H and O–H groups in total. The highest BCUT2D eigenvalue weighted by Gasteiger charge is 2.53. The highest BCUT2D eigenvalue weighted by atomic mass is 16.7. The number of carbonyl (C=O) groups is 2. The molecule has 2 aromatic rings. The van der Waals surface area contributed by atoms with Crippen molar-refractivity contribution < 1.29 is 18.9 Å². The molecule has 3 rings (SSSR count). The summed E-state index contributed by atoms with van der Waals surface area (Å²) in [5, 5.41) is 1.17. The van der Waals surface area contributed by atoms with Gasteiger partial charge in [0.15, 0.2) is 0 Å². The number of nitrogens with zero attached hydrogens (tertiary/aromatic N) is 3. The molecule has 1 aromatic carbocycles. The Morgan fingerprint density at radius 3 is 2.80 bits per heavy atom. The topological polar surface area (TPSA) is 75.3 Å². The lowest BCUT2D eigenvalue weighted by atomic mass is 10.2. The van der Waals surface area contributed by atoms with Crippen LogP contribution in [0.5, 0.6) is 0 Å². The maximum absolute atomic E-state index is 13.1. The Morgan fingerprint density at radius 1 is 1.40 bits per heavy atom. The Balaban J connectivity index is 1.77. The molecule has 0 saturated carbocycles. The molecule has 3 amide bonds. The average Bonchev–Trinajstić information content (AvgIpc) is 3.21. The van der Waals surface area contributed by atoms with Gasteiger partial charge in [-0.05, 0) is 19.1 Å². The molecule has 0 aliphatic carbocycles. The molecular weight excluding hydrogens is 320 g/mol. The van der Waals surface area contributed by atoms with Crippen LogP contribution in [-0.2, 0) is 16.1 Å². The molecule has 25 heavy (non-hydrogen) atoms. The fourth-order valence-corrected chi connectivity index (χ4v) is 3.72. The van der Waals surface area contributed by atoms with Gasteiger partial charge in [0, 0.05) is 26.3 Å². The lowest BCUT2D eigenvalue weighted by Gasteiger charge is -2.34. The molecule has 7 nitrogen and oxygen atoms in total. The van der Waals surface area contributed by atoms with Crippen molar-refractivity contribution in [1.82, 2.24) is 15.0 Å². The van der Waals surface area contributed by atoms with Crippen LogP contribution in [-0.4, -0.2) is 58.2 Å². The second-order valence-electron chi connectivity index (χ2n) is 6.64. The summed E-state index contributed by atoms with van der Waals surface area (Å²) in [6.07, 6.45) is 2.48. The number of fused-ring (bicyclic) bond motifs is 1. The van der Waals surface area contributed by atoms with Crippen LogP contribution < -0.4 is 0 Å². The monoisotopic (exact) mass is 345 g/mol. The van der Waals surface area contributed by atoms with Gasteiger partial charge in [-0.25, -0.2) is 14.6 Å². The maximum Gasteiger partial charge on any atom is 0.450 e. The van der Waals surface area contributed by atoms with E-state index in [0.717, 1.165) is 29.7 Å². The second kappa shape index (κ2) is 6.93. The van der Waals surface area contributed by atoms with Gasteiger partial charge in [-0.3, -0.25) is 4.84 Å². The van der Waals surface area contributed by atoms with E-state index in [2.05, 4.69) is 9.97 Å². The minimum absolute atomic E-state index is 0.0340. The van der Waals surface area contributed by atoms with Crippen LogP contribution in [0.3, 0.4) is 0 Å². The zero-order chi connectivity index (χ0) is 18.0. The van der Waals surface area contributed by atoms with Crippen molar-refractivity contribution >= 4 is 23.0 Å². The third-order valence-electron chi connectivity index (χ3n) is 5.23. The Bertz CT molecular complexity index is 754. The Labute approximate surface area is 147 Å². The fourth-order valence-electron chi connectivity index (χ4n) is 3.72. The lowest BCUT2D eigenvalue weighted by Crippen LogP contribution is -2.62. The Kier molecular flexibility index (Phi) is 4.87. The normalized spacial score (nSPS) is 23.1. The number of imidazole rings is 1. The molecule has 1 aliphatic rings. The third-order valence-corrected chi connectivity index (χ3v) is 5.23. The standard InChI is InChI=1S/C18H25N4O3/c1-13-7-6-12-22(13,18(24)21(2)25-3)17(23)11-10-16-19-14-8-4-5-9-15(14)20-16/h4-5,8-9,13H,6-7,10-12H2,1-3H3,(H,19,20)/q+1/t13-,22?/m1/s1. The van der Waals surface area contributed by atoms with E-state index in [0.29, 0.717) is 13.0 Å². The summed E-state index contributed by atoms with van der Waals surface area (Å²) < 4.78 is -0.162. The molecule has 134 valence electrons. The summed E-state index contributed by atoms with van der Waals surface area (Å²) in [4.78, 5) is 38.7. The summed E-state index contributed by atoms with van der Waals surface area (Å²) in [6, 6.07) is 7.45. The Hall–Kier alpha value is -2.25. The van der Waals surface area contributed by atoms with Crippen molar-refractivity contribution in [2.45, 2.75) is 38.6 Å². The third kappa shape index (κ3) is 3.05. The van der Waals surface area contributed by atoms with Crippen molar-refractivity contribution in [3.05, 3.63) is 30.1 Å². The van der Waals surface area contributed by atoms with Gasteiger partial charge in [-0.2, -0.15) is 9.55 Å². The van der Waals surface area contributed by atoms with Crippen LogP contribution in [0.25, 0.3) is 11.0 Å². The number of hydrogen-bond acceptors (Lipinski definition) is 4. The number of hydrogen-bond donors (Lipinski definition) is 1. The number of amides is 3. The van der Waals surface area contributed by atoms with Crippen LogP contribution >= 0.6 is 0 Å². The largest absolute Gasteiger partial charge is 0.450 e. The number of nitrogens with one attached hydrogen (secondary N) is 1. The predicted molar refractivity (Wildman–Crippen MR) is 93.4 cm³/mol. The summed E-state index contributed by atoms with van der Waals surface area (Å²) in [5.41, 5.74) is 1.84. The van der Waals surface area contributed by atoms with Crippen molar-refractivity contribution in [2.24, 2.45) is 0 Å². The number of benzene rings is 1. The molecule has 1 aliphatic heterocycles. The zero-order valence-corrected chi connectivity index (χ0v) is 15.0. The molecule has 1 saturated heterocycles. The molecular formula is C18H25N4O3+. The van der Waals surface area contributed by atoms with Crippen molar-refractivity contribution in [1.29, 1.82) is 0 Å². The number of para-hydroxylation sites is 2. The number of carbonyl (C=O) groups excluding carboxylic acids is 2. The number of quaternary nitrogens is 1. The minimum atomic E-state index is -0.290. The van der Waals surface area contributed by atoms with E-state index in [-0.39, 0.29) is 28.9 Å². The second-order valence-corrected chi connectivity index (χ2v) is 6.64. The molecule has 2 atom stereocenters. The number of likely N-dealkylation sites (tertiary alicyclic amines) is 1. The van der Waals surface area contributed by atoms with Gasteiger partial charge in [0.2, 0.25) is 0 Å². The number of H-pyrrole nitrogens is 1. The zero-order valence-electron chi connectivity index (χ0n) is 15.0. The molecule has 0 radical (unpaired) electrons. The van der Waals surface area contributed by atoms with Gasteiger partial charge < -0.3 is 4.98 Å². The summed E-state index contributed by atoms with van der Waals surface area (Å²) in [5.74, 6) is 0.700. The van der Waals surface area contributed by atoms with Gasteiger partial charge >= 0.3 is 11.9 Å². The van der Waals surface area contributed by atoms with E-state index in [1.165, 1.54) is 12.2 Å². The molecule has 2 heterocycles. The fraction of sp³-hybridized carbons (Fsp3) is 0.500. The van der Waals surface area contributed by atoms with Crippen molar-refractivity contribution in [2.75, 3.05) is 20.7 Å². The van der Waals surface area contributed by atoms with Gasteiger partial charge in [0.05, 0.1) is 31.1 Å². The molecule has 7 heteroatoms. The van der Waals surface area contributed by atoms with E-state index in [1.54, 1.807) is 7.05 Å². The number of urea groups is 1. The van der Waals surface area contributed by atoms with Crippen molar-refractivity contribution in [3.63, 3.8) is 0 Å². The minimum Gasteiger partial charge on any atom is -0.342 e. The van der Waals surface area contributed by atoms with Crippen LogP contribution in [0.4, 0.5) is 4.79 Å². The first-order valence-electron chi connectivity index (χ1n) is 8.66. The van der Waals surface area contributed by atoms with E-state index in [4.69, 9.17) is 4.84 Å². The number of aryl methyl sites for hydroxylation is 1. The number of imide groups is 1. The molecule has 1 fully saturated rings. The summed E-state index contributed by atoms with van der Waals surface area (Å²) in [6.45, 7) is 2.50. The molecule has 1 unspecified atom stereocenters. The van der Waals surface area contributed by atoms with Crippen LogP contribution in [0.1, 0.15) is 32.0 Å². The highest BCUT2D eigenvalue weighted by molar-refractivity contribution is 5.84. The summed E-state index contributed by atoms with van der Waals surface area (Å²) in [7, 11) is 2.99. The average molecular weight is 345 g/mol. The van der Waals surface area contributed by atoms with Crippen LogP contribution in [0.2, 0.25) is 0 Å². The van der Waals surface area contributed by atoms with Crippen LogP contribution in [0.15, 0.2) is 24.3 Å². The van der Waals surface area contributed by atoms with E-state index < -0.39 is 0 Å². The van der Waals surface area contributed by atoms with E-state index >= 15 is 0 Å². The summed E-state index contributed by atoms with van der Waals surface area (Å²) >= 11 is 0. The maximum atomic E-state index is 13.1. The van der Waals surface area contributed by atoms with Crippen molar-refractivity contribution in [3.8, 4) is 0 Å². The van der Waals surface area contributed by atoms with Gasteiger partial charge in [0.1, 0.15) is 11.9 Å². The van der Waals surface area contributed by atoms with Gasteiger partial charge in [0.25, 0.3) is 0 Å². The van der Waals surface area contributed by atoms with E-state index in [9.17, 15) is 9.59 Å². The SMILES string of the molecule is CON(C)C(=O)[N+]1(C(=O)CCc2nc3ccccc3[nH]2)CCC[C@H]1C. The molecule has 0 spiro atoms. The smallest absolute Gasteiger partial charge is 0.342 e. The van der Waals surface area contributed by atoms with E-state index in [1.807, 2.05) is 31.2 Å². The number of hydroxylamine groups is 2. The van der Waals surface area contributed by atoms with Gasteiger partial charge in [-0.15, -0.1) is 0 Å². The quantitative estimate of drug-likeness (QED) is 0.683. The van der Waals surface area contributed by atoms with Crippen LogP contribution in [0, 0.1) is 0 Å². The first kappa shape index (κ1) is 17.6. The molecule has 0 bridgehead atoms. The first-order valence-corrected chi connectivity index (χ1v) is 8.66. The predicted octanol–water partition coefficient (Wildman–Crippen LogP) is 2.63. The number of aromatic nitrogens is 2. The molecule has 1 aromatic heterocycles. The Morgan fingerprint density at radius 2 is 2.16 bits per heavy atom. The van der Waals surface area contributed by atoms with Gasteiger partial charge in [-0.1, -0.05) is 12.1 Å². The highest BCUT2D eigenvalue weighted by Crippen LogP contribution is 2.30. The number of aromatic amines is 1. The lowest BCUT2D eigenvalue weighted by molar-refractivity contribution is -0.791. The number of rotatable bonds is 4.